The summed E-state index contributed by atoms with van der Waals surface area (Å²) in [6.07, 6.45) is 0.156. The molecular formula is C25H25N5O5S2. The first kappa shape index (κ1) is 25.9. The van der Waals surface area contributed by atoms with Gasteiger partial charge in [-0.2, -0.15) is 8.42 Å². The predicted molar refractivity (Wildman–Crippen MR) is 144 cm³/mol. The number of likely N-dealkylation sites (N-methyl/N-ethyl adjacent to an activating group) is 1. The minimum absolute atomic E-state index is 0.156. The number of ether oxygens (including phenoxy) is 1. The summed E-state index contributed by atoms with van der Waals surface area (Å²) in [6, 6.07) is 18.7. The number of benzene rings is 3. The van der Waals surface area contributed by atoms with E-state index in [4.69, 9.17) is 4.74 Å². The van der Waals surface area contributed by atoms with Crippen LogP contribution in [-0.4, -0.2) is 45.5 Å². The number of hydrogen-bond acceptors (Lipinski definition) is 7. The van der Waals surface area contributed by atoms with Gasteiger partial charge in [0.25, 0.3) is 0 Å². The minimum Gasteiger partial charge on any atom is -0.497 e. The van der Waals surface area contributed by atoms with E-state index in [0.29, 0.717) is 11.4 Å². The number of rotatable bonds is 9. The summed E-state index contributed by atoms with van der Waals surface area (Å²) in [5.74, 6) is 0.209. The van der Waals surface area contributed by atoms with Crippen LogP contribution < -0.4 is 24.4 Å². The molecule has 10 nitrogen and oxygen atoms in total. The fourth-order valence-electron chi connectivity index (χ4n) is 3.63. The number of fused-ring (bicyclic) bond motifs is 1. The summed E-state index contributed by atoms with van der Waals surface area (Å²) in [5, 5.41) is 2.51. The van der Waals surface area contributed by atoms with E-state index in [9.17, 15) is 18.0 Å². The predicted octanol–water partition coefficient (Wildman–Crippen LogP) is 3.54. The summed E-state index contributed by atoms with van der Waals surface area (Å²) in [6.45, 7) is 0. The first-order valence-electron chi connectivity index (χ1n) is 11.1. The fourth-order valence-corrected chi connectivity index (χ4v) is 5.13. The van der Waals surface area contributed by atoms with Gasteiger partial charge in [-0.15, -0.1) is 11.3 Å². The van der Waals surface area contributed by atoms with Crippen molar-refractivity contribution in [3.05, 3.63) is 83.9 Å². The fraction of sp³-hybridized carbons (Fsp3) is 0.160. The molecule has 0 aliphatic rings. The quantitative estimate of drug-likeness (QED) is 0.298. The molecule has 1 atom stereocenters. The molecule has 4 aromatic rings. The van der Waals surface area contributed by atoms with Crippen molar-refractivity contribution in [2.75, 3.05) is 23.8 Å². The molecule has 1 heterocycles. The van der Waals surface area contributed by atoms with Crippen LogP contribution in [0.25, 0.3) is 10.2 Å². The molecule has 0 saturated heterocycles. The van der Waals surface area contributed by atoms with Crippen molar-refractivity contribution in [2.24, 2.45) is 0 Å². The monoisotopic (exact) mass is 539 g/mol. The van der Waals surface area contributed by atoms with Crippen molar-refractivity contribution < 1.29 is 22.7 Å². The highest BCUT2D eigenvalue weighted by Crippen LogP contribution is 2.22. The lowest BCUT2D eigenvalue weighted by Crippen LogP contribution is -2.53. The standard InChI is InChI=1S/C25H25N5O5S2/c1-30(19-9-11-20(35-2)12-10-19)24(31)22(14-17-6-4-3-5-7-17)27-25(32)29-37(33,34)28-18-8-13-21-23(15-18)36-16-26-21/h3-13,15-16,22,28H,14H2,1-2H3,(H2,27,29,32). The van der Waals surface area contributed by atoms with E-state index in [1.54, 1.807) is 62.1 Å². The topological polar surface area (TPSA) is 130 Å². The van der Waals surface area contributed by atoms with Gasteiger partial charge in [0.05, 0.1) is 28.5 Å². The third-order valence-corrected chi connectivity index (χ3v) is 7.24. The Hall–Kier alpha value is -4.16. The van der Waals surface area contributed by atoms with Gasteiger partial charge in [0.2, 0.25) is 5.91 Å². The van der Waals surface area contributed by atoms with E-state index in [1.807, 2.05) is 35.1 Å². The maximum absolute atomic E-state index is 13.4. The normalized spacial score (nSPS) is 11.9. The lowest BCUT2D eigenvalue weighted by Gasteiger charge is -2.25. The molecule has 4 rings (SSSR count). The highest BCUT2D eigenvalue weighted by molar-refractivity contribution is 7.91. The second kappa shape index (κ2) is 11.3. The van der Waals surface area contributed by atoms with Crippen LogP contribution in [0, 0.1) is 0 Å². The van der Waals surface area contributed by atoms with Crippen molar-refractivity contribution in [3.63, 3.8) is 0 Å². The molecule has 0 radical (unpaired) electrons. The van der Waals surface area contributed by atoms with E-state index in [2.05, 4.69) is 15.0 Å². The van der Waals surface area contributed by atoms with Crippen LogP contribution in [0.5, 0.6) is 5.75 Å². The molecule has 3 N–H and O–H groups in total. The van der Waals surface area contributed by atoms with E-state index < -0.39 is 28.2 Å². The molecule has 1 aromatic heterocycles. The zero-order chi connectivity index (χ0) is 26.4. The number of thiazole rings is 1. The molecule has 0 aliphatic carbocycles. The SMILES string of the molecule is COc1ccc(N(C)C(=O)C(Cc2ccccc2)NC(=O)NS(=O)(=O)Nc2ccc3ncsc3c2)cc1. The second-order valence-corrected chi connectivity index (χ2v) is 10.4. The Morgan fingerprint density at radius 3 is 2.49 bits per heavy atom. The number of hydrogen-bond donors (Lipinski definition) is 3. The number of nitrogens with zero attached hydrogens (tertiary/aromatic N) is 2. The number of aromatic nitrogens is 1. The van der Waals surface area contributed by atoms with Crippen LogP contribution in [0.1, 0.15) is 5.56 Å². The Kier molecular flexibility index (Phi) is 7.89. The van der Waals surface area contributed by atoms with Gasteiger partial charge < -0.3 is 15.0 Å². The average Bonchev–Trinajstić information content (AvgIpc) is 3.35. The van der Waals surface area contributed by atoms with Gasteiger partial charge in [0, 0.05) is 19.2 Å². The lowest BCUT2D eigenvalue weighted by atomic mass is 10.0. The number of urea groups is 1. The van der Waals surface area contributed by atoms with Crippen LogP contribution in [-0.2, 0) is 21.4 Å². The van der Waals surface area contributed by atoms with E-state index >= 15 is 0 Å². The maximum atomic E-state index is 13.4. The Morgan fingerprint density at radius 1 is 1.05 bits per heavy atom. The number of carbonyl (C=O) groups excluding carboxylic acids is 2. The van der Waals surface area contributed by atoms with E-state index in [1.165, 1.54) is 16.2 Å². The molecular weight excluding hydrogens is 514 g/mol. The third-order valence-electron chi connectivity index (χ3n) is 5.49. The van der Waals surface area contributed by atoms with E-state index in [0.717, 1.165) is 15.8 Å². The number of amides is 3. The smallest absolute Gasteiger partial charge is 0.330 e. The summed E-state index contributed by atoms with van der Waals surface area (Å²) in [5.41, 5.74) is 4.04. The largest absolute Gasteiger partial charge is 0.497 e. The summed E-state index contributed by atoms with van der Waals surface area (Å²) < 4.78 is 35.4. The zero-order valence-corrected chi connectivity index (χ0v) is 21.7. The van der Waals surface area contributed by atoms with Gasteiger partial charge in [0.15, 0.2) is 0 Å². The average molecular weight is 540 g/mol. The number of methoxy groups -OCH3 is 1. The maximum Gasteiger partial charge on any atom is 0.330 e. The molecule has 192 valence electrons. The molecule has 0 aliphatic heterocycles. The van der Waals surface area contributed by atoms with Crippen molar-refractivity contribution in [1.29, 1.82) is 0 Å². The van der Waals surface area contributed by atoms with E-state index in [-0.39, 0.29) is 12.1 Å². The zero-order valence-electron chi connectivity index (χ0n) is 20.0. The van der Waals surface area contributed by atoms with Gasteiger partial charge >= 0.3 is 16.2 Å². The summed E-state index contributed by atoms with van der Waals surface area (Å²) in [7, 11) is -1.15. The van der Waals surface area contributed by atoms with Crippen LogP contribution in [0.2, 0.25) is 0 Å². The molecule has 3 aromatic carbocycles. The summed E-state index contributed by atoms with van der Waals surface area (Å²) in [4.78, 5) is 31.7. The van der Waals surface area contributed by atoms with Crippen molar-refractivity contribution in [3.8, 4) is 5.75 Å². The van der Waals surface area contributed by atoms with Crippen LogP contribution in [0.3, 0.4) is 0 Å². The van der Waals surface area contributed by atoms with Gasteiger partial charge in [-0.05, 0) is 48.0 Å². The Morgan fingerprint density at radius 2 is 1.78 bits per heavy atom. The third kappa shape index (κ3) is 6.74. The van der Waals surface area contributed by atoms with Gasteiger partial charge in [-0.3, -0.25) is 9.52 Å². The molecule has 1 unspecified atom stereocenters. The van der Waals surface area contributed by atoms with Crippen molar-refractivity contribution in [2.45, 2.75) is 12.5 Å². The molecule has 0 fully saturated rings. The highest BCUT2D eigenvalue weighted by Gasteiger charge is 2.27. The number of nitrogens with one attached hydrogen (secondary N) is 3. The number of carbonyl (C=O) groups is 2. The van der Waals surface area contributed by atoms with Crippen molar-refractivity contribution >= 4 is 55.1 Å². The Labute approximate surface area is 218 Å². The highest BCUT2D eigenvalue weighted by atomic mass is 32.2. The number of anilines is 2. The van der Waals surface area contributed by atoms with Gasteiger partial charge in [-0.1, -0.05) is 30.3 Å². The molecule has 12 heteroatoms. The Bertz CT molecular complexity index is 1490. The summed E-state index contributed by atoms with van der Waals surface area (Å²) >= 11 is 1.36. The molecule has 0 saturated carbocycles. The molecule has 3 amide bonds. The molecule has 0 spiro atoms. The molecule has 0 bridgehead atoms. The Balaban J connectivity index is 1.48. The van der Waals surface area contributed by atoms with Crippen LogP contribution in [0.4, 0.5) is 16.2 Å². The molecule has 37 heavy (non-hydrogen) atoms. The van der Waals surface area contributed by atoms with Gasteiger partial charge in [0.1, 0.15) is 11.8 Å². The second-order valence-electron chi connectivity index (χ2n) is 8.05. The van der Waals surface area contributed by atoms with Crippen LogP contribution in [0.15, 0.2) is 78.3 Å². The minimum atomic E-state index is -4.28. The van der Waals surface area contributed by atoms with Crippen molar-refractivity contribution in [1.82, 2.24) is 15.0 Å². The first-order valence-corrected chi connectivity index (χ1v) is 13.5. The van der Waals surface area contributed by atoms with Crippen LogP contribution >= 0.6 is 11.3 Å². The first-order chi connectivity index (χ1) is 17.7. The lowest BCUT2D eigenvalue weighted by molar-refractivity contribution is -0.120. The van der Waals surface area contributed by atoms with Gasteiger partial charge in [-0.25, -0.2) is 14.5 Å².